The highest BCUT2D eigenvalue weighted by atomic mass is 32.2. The number of sulfonamides is 1. The van der Waals surface area contributed by atoms with E-state index in [1.54, 1.807) is 43.3 Å². The maximum Gasteiger partial charge on any atom is 0.264 e. The number of rotatable bonds is 11. The van der Waals surface area contributed by atoms with Crippen molar-refractivity contribution in [1.82, 2.24) is 10.2 Å². The molecule has 2 amide bonds. The van der Waals surface area contributed by atoms with Gasteiger partial charge in [0.2, 0.25) is 11.8 Å². The molecule has 0 spiro atoms. The second-order valence-corrected chi connectivity index (χ2v) is 11.9. The maximum atomic E-state index is 14.0. The summed E-state index contributed by atoms with van der Waals surface area (Å²) in [4.78, 5) is 28.5. The Morgan fingerprint density at radius 3 is 2.05 bits per heavy atom. The number of hydrogen-bond donors (Lipinski definition) is 1. The van der Waals surface area contributed by atoms with Crippen LogP contribution in [0.5, 0.6) is 0 Å². The molecule has 0 aliphatic heterocycles. The minimum atomic E-state index is -4.09. The molecule has 208 valence electrons. The van der Waals surface area contributed by atoms with Gasteiger partial charge in [-0.1, -0.05) is 66.6 Å². The molecule has 3 aromatic carbocycles. The summed E-state index contributed by atoms with van der Waals surface area (Å²) in [7, 11) is -4.09. The van der Waals surface area contributed by atoms with E-state index in [2.05, 4.69) is 5.32 Å². The van der Waals surface area contributed by atoms with E-state index < -0.39 is 28.5 Å². The van der Waals surface area contributed by atoms with E-state index in [1.807, 2.05) is 65.0 Å². The summed E-state index contributed by atoms with van der Waals surface area (Å²) < 4.78 is 29.1. The predicted molar refractivity (Wildman–Crippen MR) is 156 cm³/mol. The molecule has 39 heavy (non-hydrogen) atoms. The van der Waals surface area contributed by atoms with Crippen molar-refractivity contribution in [1.29, 1.82) is 0 Å². The van der Waals surface area contributed by atoms with Crippen LogP contribution in [0.3, 0.4) is 0 Å². The van der Waals surface area contributed by atoms with Gasteiger partial charge in [0.1, 0.15) is 12.6 Å². The third-order valence-electron chi connectivity index (χ3n) is 6.92. The minimum Gasteiger partial charge on any atom is -0.354 e. The topological polar surface area (TPSA) is 86.8 Å². The van der Waals surface area contributed by atoms with Gasteiger partial charge in [0, 0.05) is 13.1 Å². The number of carbonyl (C=O) groups is 2. The van der Waals surface area contributed by atoms with Gasteiger partial charge in [0.05, 0.1) is 10.6 Å². The van der Waals surface area contributed by atoms with E-state index >= 15 is 0 Å². The highest BCUT2D eigenvalue weighted by molar-refractivity contribution is 7.92. The van der Waals surface area contributed by atoms with Crippen molar-refractivity contribution < 1.29 is 18.0 Å². The predicted octanol–water partition coefficient (Wildman–Crippen LogP) is 5.06. The van der Waals surface area contributed by atoms with Gasteiger partial charge in [-0.3, -0.25) is 13.9 Å². The van der Waals surface area contributed by atoms with Gasteiger partial charge in [-0.2, -0.15) is 0 Å². The number of nitrogens with one attached hydrogen (secondary N) is 1. The van der Waals surface area contributed by atoms with Crippen molar-refractivity contribution in [3.8, 4) is 0 Å². The summed E-state index contributed by atoms with van der Waals surface area (Å²) in [6.45, 7) is 11.5. The van der Waals surface area contributed by atoms with Crippen LogP contribution < -0.4 is 9.62 Å². The number of benzene rings is 3. The summed E-state index contributed by atoms with van der Waals surface area (Å²) in [5.41, 5.74) is 4.97. The second kappa shape index (κ2) is 12.9. The molecule has 3 aromatic rings. The van der Waals surface area contributed by atoms with Crippen molar-refractivity contribution in [3.05, 3.63) is 94.5 Å². The maximum absolute atomic E-state index is 14.0. The van der Waals surface area contributed by atoms with Crippen LogP contribution in [0.15, 0.2) is 71.6 Å². The van der Waals surface area contributed by atoms with Crippen LogP contribution in [0.2, 0.25) is 0 Å². The monoisotopic (exact) mass is 549 g/mol. The smallest absolute Gasteiger partial charge is 0.264 e. The van der Waals surface area contributed by atoms with Gasteiger partial charge in [0.15, 0.2) is 0 Å². The molecule has 3 rings (SSSR count). The van der Waals surface area contributed by atoms with E-state index in [9.17, 15) is 18.0 Å². The second-order valence-electron chi connectivity index (χ2n) is 10.0. The van der Waals surface area contributed by atoms with Crippen molar-refractivity contribution in [2.75, 3.05) is 17.4 Å². The normalized spacial score (nSPS) is 12.1. The molecular formula is C31H39N3O4S. The molecule has 1 unspecified atom stereocenters. The molecule has 1 atom stereocenters. The number of nitrogens with zero attached hydrogens (tertiary/aromatic N) is 2. The van der Waals surface area contributed by atoms with Gasteiger partial charge < -0.3 is 10.2 Å². The van der Waals surface area contributed by atoms with Crippen molar-refractivity contribution in [2.24, 2.45) is 0 Å². The number of hydrogen-bond acceptors (Lipinski definition) is 4. The first-order chi connectivity index (χ1) is 18.4. The number of amides is 2. The lowest BCUT2D eigenvalue weighted by molar-refractivity contribution is -0.139. The molecule has 0 saturated carbocycles. The Morgan fingerprint density at radius 2 is 1.46 bits per heavy atom. The summed E-state index contributed by atoms with van der Waals surface area (Å²) in [5, 5.41) is 2.86. The van der Waals surface area contributed by atoms with E-state index in [4.69, 9.17) is 0 Å². The number of aryl methyl sites for hydroxylation is 3. The first kappa shape index (κ1) is 29.9. The molecule has 0 radical (unpaired) electrons. The van der Waals surface area contributed by atoms with Gasteiger partial charge in [-0.15, -0.1) is 0 Å². The summed E-state index contributed by atoms with van der Waals surface area (Å²) in [5.74, 6) is -0.747. The highest BCUT2D eigenvalue weighted by Crippen LogP contribution is 2.29. The van der Waals surface area contributed by atoms with Crippen LogP contribution in [-0.2, 0) is 26.2 Å². The molecule has 0 aliphatic carbocycles. The fourth-order valence-corrected chi connectivity index (χ4v) is 5.70. The molecule has 0 bridgehead atoms. The first-order valence-electron chi connectivity index (χ1n) is 13.2. The Morgan fingerprint density at radius 1 is 0.872 bits per heavy atom. The Labute approximate surface area is 232 Å². The molecule has 8 heteroatoms. The third kappa shape index (κ3) is 7.26. The molecule has 0 saturated heterocycles. The van der Waals surface area contributed by atoms with Crippen LogP contribution in [0.4, 0.5) is 5.69 Å². The van der Waals surface area contributed by atoms with Crippen molar-refractivity contribution in [3.63, 3.8) is 0 Å². The average Bonchev–Trinajstić information content (AvgIpc) is 2.91. The zero-order valence-electron chi connectivity index (χ0n) is 23.7. The molecule has 0 aromatic heterocycles. The fraction of sp³-hybridized carbons (Fsp3) is 0.355. The highest BCUT2D eigenvalue weighted by Gasteiger charge is 2.33. The first-order valence-corrected chi connectivity index (χ1v) is 14.7. The Balaban J connectivity index is 2.05. The molecular weight excluding hydrogens is 510 g/mol. The Hall–Kier alpha value is -3.65. The van der Waals surface area contributed by atoms with Crippen molar-refractivity contribution in [2.45, 2.75) is 65.4 Å². The van der Waals surface area contributed by atoms with Gasteiger partial charge in [0.25, 0.3) is 10.0 Å². The Bertz CT molecular complexity index is 1400. The van der Waals surface area contributed by atoms with Gasteiger partial charge in [-0.05, 0) is 75.9 Å². The van der Waals surface area contributed by atoms with Crippen LogP contribution >= 0.6 is 0 Å². The molecule has 7 nitrogen and oxygen atoms in total. The lowest BCUT2D eigenvalue weighted by atomic mass is 10.1. The van der Waals surface area contributed by atoms with Crippen molar-refractivity contribution >= 4 is 27.5 Å². The summed E-state index contributed by atoms with van der Waals surface area (Å²) in [6, 6.07) is 18.9. The lowest BCUT2D eigenvalue weighted by Crippen LogP contribution is -2.51. The standard InChI is InChI=1S/C31H39N3O4S/c1-7-19-32-31(36)26(6)33(20-27-15-11-22(2)12-16-27)30(35)21-34(29-10-8-9-24(4)25(29)5)39(37,38)28-17-13-23(3)14-18-28/h8-18,26H,7,19-21H2,1-6H3,(H,32,36). The van der Waals surface area contributed by atoms with Crippen LogP contribution in [0.1, 0.15) is 48.1 Å². The van der Waals surface area contributed by atoms with E-state index in [-0.39, 0.29) is 17.3 Å². The number of carbonyl (C=O) groups excluding carboxylic acids is 2. The molecule has 1 N–H and O–H groups in total. The average molecular weight is 550 g/mol. The molecule has 0 fully saturated rings. The number of anilines is 1. The van der Waals surface area contributed by atoms with Crippen LogP contribution in [0.25, 0.3) is 0 Å². The SMILES string of the molecule is CCCNC(=O)C(C)N(Cc1ccc(C)cc1)C(=O)CN(c1cccc(C)c1C)S(=O)(=O)c1ccc(C)cc1. The van der Waals surface area contributed by atoms with Crippen LogP contribution in [-0.4, -0.2) is 44.3 Å². The minimum absolute atomic E-state index is 0.0978. The zero-order valence-corrected chi connectivity index (χ0v) is 24.5. The zero-order chi connectivity index (χ0) is 28.7. The van der Waals surface area contributed by atoms with E-state index in [0.717, 1.165) is 34.2 Å². The molecule has 0 heterocycles. The van der Waals surface area contributed by atoms with Crippen LogP contribution in [0, 0.1) is 27.7 Å². The van der Waals surface area contributed by atoms with Gasteiger partial charge in [-0.25, -0.2) is 8.42 Å². The third-order valence-corrected chi connectivity index (χ3v) is 8.70. The lowest BCUT2D eigenvalue weighted by Gasteiger charge is -2.32. The fourth-order valence-electron chi connectivity index (χ4n) is 4.23. The van der Waals surface area contributed by atoms with Gasteiger partial charge >= 0.3 is 0 Å². The molecule has 0 aliphatic rings. The Kier molecular flexibility index (Phi) is 9.92. The summed E-state index contributed by atoms with van der Waals surface area (Å²) >= 11 is 0. The largest absolute Gasteiger partial charge is 0.354 e. The van der Waals surface area contributed by atoms with E-state index in [0.29, 0.717) is 12.2 Å². The summed E-state index contributed by atoms with van der Waals surface area (Å²) in [6.07, 6.45) is 0.763. The quantitative estimate of drug-likeness (QED) is 0.362. The van der Waals surface area contributed by atoms with E-state index in [1.165, 1.54) is 9.21 Å².